The summed E-state index contributed by atoms with van der Waals surface area (Å²) in [5.41, 5.74) is 1.48. The van der Waals surface area contributed by atoms with Crippen molar-refractivity contribution in [2.75, 3.05) is 0 Å². The van der Waals surface area contributed by atoms with E-state index >= 15 is 0 Å². The molecule has 94 valence electrons. The van der Waals surface area contributed by atoms with Crippen molar-refractivity contribution in [3.8, 4) is 22.8 Å². The van der Waals surface area contributed by atoms with Crippen molar-refractivity contribution in [1.82, 2.24) is 10.1 Å². The van der Waals surface area contributed by atoms with Crippen molar-refractivity contribution >= 4 is 11.6 Å². The standard InChI is InChI=1S/C14H8ClFN2O/c15-11-5-1-9(2-6-11)13-17-14(19-18-13)10-3-7-12(16)8-4-10/h1-8H. The highest BCUT2D eigenvalue weighted by molar-refractivity contribution is 6.30. The average molecular weight is 275 g/mol. The minimum atomic E-state index is -0.304. The van der Waals surface area contributed by atoms with Crippen LogP contribution in [0.1, 0.15) is 0 Å². The van der Waals surface area contributed by atoms with Gasteiger partial charge in [0.25, 0.3) is 5.89 Å². The third-order valence-electron chi connectivity index (χ3n) is 2.62. The van der Waals surface area contributed by atoms with E-state index in [-0.39, 0.29) is 5.82 Å². The Kier molecular flexibility index (Phi) is 3.01. The second-order valence-corrected chi connectivity index (χ2v) is 4.37. The third kappa shape index (κ3) is 2.48. The highest BCUT2D eigenvalue weighted by Gasteiger charge is 2.10. The maximum absolute atomic E-state index is 12.8. The van der Waals surface area contributed by atoms with Crippen LogP contribution in [0, 0.1) is 5.82 Å². The summed E-state index contributed by atoms with van der Waals surface area (Å²) < 4.78 is 18.0. The highest BCUT2D eigenvalue weighted by atomic mass is 35.5. The summed E-state index contributed by atoms with van der Waals surface area (Å²) in [5, 5.41) is 4.54. The van der Waals surface area contributed by atoms with Gasteiger partial charge in [0.15, 0.2) is 0 Å². The first kappa shape index (κ1) is 11.9. The Labute approximate surface area is 113 Å². The Hall–Kier alpha value is -2.20. The van der Waals surface area contributed by atoms with E-state index in [1.807, 2.05) is 12.1 Å². The lowest BCUT2D eigenvalue weighted by Crippen LogP contribution is -1.81. The summed E-state index contributed by atoms with van der Waals surface area (Å²) in [6.45, 7) is 0. The maximum atomic E-state index is 12.8. The summed E-state index contributed by atoms with van der Waals surface area (Å²) in [6, 6.07) is 13.0. The number of halogens is 2. The quantitative estimate of drug-likeness (QED) is 0.703. The monoisotopic (exact) mass is 274 g/mol. The zero-order valence-corrected chi connectivity index (χ0v) is 10.4. The molecule has 0 radical (unpaired) electrons. The SMILES string of the molecule is Fc1ccc(-c2nc(-c3ccc(Cl)cc3)no2)cc1. The molecule has 0 saturated carbocycles. The molecule has 3 nitrogen and oxygen atoms in total. The number of benzene rings is 2. The lowest BCUT2D eigenvalue weighted by molar-refractivity contribution is 0.432. The van der Waals surface area contributed by atoms with Gasteiger partial charge in [0.05, 0.1) is 0 Å². The van der Waals surface area contributed by atoms with Gasteiger partial charge >= 0.3 is 0 Å². The third-order valence-corrected chi connectivity index (χ3v) is 2.87. The lowest BCUT2D eigenvalue weighted by atomic mass is 10.2. The second kappa shape index (κ2) is 4.82. The van der Waals surface area contributed by atoms with Crippen LogP contribution in [0.15, 0.2) is 53.1 Å². The average Bonchev–Trinajstić information content (AvgIpc) is 2.90. The summed E-state index contributed by atoms with van der Waals surface area (Å²) in [5.74, 6) is 0.516. The van der Waals surface area contributed by atoms with Crippen LogP contribution in [0.4, 0.5) is 4.39 Å². The predicted octanol–water partition coefficient (Wildman–Crippen LogP) is 4.20. The minimum Gasteiger partial charge on any atom is -0.334 e. The van der Waals surface area contributed by atoms with Crippen LogP contribution >= 0.6 is 11.6 Å². The van der Waals surface area contributed by atoms with Crippen molar-refractivity contribution in [2.45, 2.75) is 0 Å². The Morgan fingerprint density at radius 3 is 2.21 bits per heavy atom. The van der Waals surface area contributed by atoms with E-state index in [1.54, 1.807) is 24.3 Å². The number of aromatic nitrogens is 2. The van der Waals surface area contributed by atoms with Crippen LogP contribution in [0.25, 0.3) is 22.8 Å². The van der Waals surface area contributed by atoms with E-state index in [4.69, 9.17) is 16.1 Å². The van der Waals surface area contributed by atoms with Crippen molar-refractivity contribution in [3.63, 3.8) is 0 Å². The molecular weight excluding hydrogens is 267 g/mol. The molecule has 5 heteroatoms. The fourth-order valence-electron chi connectivity index (χ4n) is 1.65. The van der Waals surface area contributed by atoms with Gasteiger partial charge in [0, 0.05) is 16.1 Å². The molecule has 0 aliphatic heterocycles. The predicted molar refractivity (Wildman–Crippen MR) is 70.1 cm³/mol. The molecule has 0 saturated heterocycles. The molecule has 0 atom stereocenters. The molecule has 0 N–H and O–H groups in total. The van der Waals surface area contributed by atoms with E-state index < -0.39 is 0 Å². The molecule has 2 aromatic carbocycles. The first-order valence-corrected chi connectivity index (χ1v) is 5.96. The Morgan fingerprint density at radius 1 is 0.895 bits per heavy atom. The highest BCUT2D eigenvalue weighted by Crippen LogP contribution is 2.23. The van der Waals surface area contributed by atoms with Gasteiger partial charge in [-0.1, -0.05) is 16.8 Å². The Bertz CT molecular complexity index is 632. The van der Waals surface area contributed by atoms with Gasteiger partial charge in [0.1, 0.15) is 5.82 Å². The van der Waals surface area contributed by atoms with E-state index in [0.717, 1.165) is 5.56 Å². The lowest BCUT2D eigenvalue weighted by Gasteiger charge is -1.94. The summed E-state index contributed by atoms with van der Waals surface area (Å²) in [7, 11) is 0. The van der Waals surface area contributed by atoms with E-state index in [0.29, 0.717) is 22.3 Å². The molecule has 3 rings (SSSR count). The molecule has 0 aliphatic rings. The number of rotatable bonds is 2. The number of nitrogens with zero attached hydrogens (tertiary/aromatic N) is 2. The van der Waals surface area contributed by atoms with Gasteiger partial charge in [-0.05, 0) is 48.5 Å². The minimum absolute atomic E-state index is 0.304. The summed E-state index contributed by atoms with van der Waals surface area (Å²) in [6.07, 6.45) is 0. The van der Waals surface area contributed by atoms with Crippen LogP contribution in [0.3, 0.4) is 0 Å². The molecule has 1 aromatic heterocycles. The van der Waals surface area contributed by atoms with Crippen LogP contribution in [0.2, 0.25) is 5.02 Å². The summed E-state index contributed by atoms with van der Waals surface area (Å²) in [4.78, 5) is 4.27. The molecule has 0 aliphatic carbocycles. The number of hydrogen-bond acceptors (Lipinski definition) is 3. The fraction of sp³-hybridized carbons (Fsp3) is 0. The second-order valence-electron chi connectivity index (χ2n) is 3.94. The zero-order valence-electron chi connectivity index (χ0n) is 9.68. The molecular formula is C14H8ClFN2O. The van der Waals surface area contributed by atoms with Gasteiger partial charge in [-0.15, -0.1) is 0 Å². The number of hydrogen-bond donors (Lipinski definition) is 0. The van der Waals surface area contributed by atoms with Crippen molar-refractivity contribution in [2.24, 2.45) is 0 Å². The molecule has 0 fully saturated rings. The largest absolute Gasteiger partial charge is 0.334 e. The van der Waals surface area contributed by atoms with E-state index in [2.05, 4.69) is 10.1 Å². The van der Waals surface area contributed by atoms with E-state index in [1.165, 1.54) is 12.1 Å². The zero-order chi connectivity index (χ0) is 13.2. The molecule has 0 spiro atoms. The Morgan fingerprint density at radius 2 is 1.53 bits per heavy atom. The van der Waals surface area contributed by atoms with Crippen molar-refractivity contribution in [3.05, 3.63) is 59.4 Å². The van der Waals surface area contributed by atoms with Gasteiger partial charge in [0.2, 0.25) is 5.82 Å². The summed E-state index contributed by atoms with van der Waals surface area (Å²) >= 11 is 5.82. The van der Waals surface area contributed by atoms with Crippen LogP contribution in [-0.4, -0.2) is 10.1 Å². The maximum Gasteiger partial charge on any atom is 0.258 e. The van der Waals surface area contributed by atoms with Crippen molar-refractivity contribution in [1.29, 1.82) is 0 Å². The first-order chi connectivity index (χ1) is 9.22. The molecule has 0 unspecified atom stereocenters. The topological polar surface area (TPSA) is 38.9 Å². The van der Waals surface area contributed by atoms with Gasteiger partial charge in [-0.3, -0.25) is 0 Å². The molecule has 19 heavy (non-hydrogen) atoms. The van der Waals surface area contributed by atoms with E-state index in [9.17, 15) is 4.39 Å². The first-order valence-electron chi connectivity index (χ1n) is 5.58. The van der Waals surface area contributed by atoms with Crippen LogP contribution in [-0.2, 0) is 0 Å². The smallest absolute Gasteiger partial charge is 0.258 e. The molecule has 1 heterocycles. The molecule has 3 aromatic rings. The normalized spacial score (nSPS) is 10.6. The van der Waals surface area contributed by atoms with Crippen LogP contribution < -0.4 is 0 Å². The molecule has 0 amide bonds. The fourth-order valence-corrected chi connectivity index (χ4v) is 1.78. The van der Waals surface area contributed by atoms with Gasteiger partial charge < -0.3 is 4.52 Å². The van der Waals surface area contributed by atoms with Crippen LogP contribution in [0.5, 0.6) is 0 Å². The van der Waals surface area contributed by atoms with Gasteiger partial charge in [-0.25, -0.2) is 4.39 Å². The Balaban J connectivity index is 1.95. The molecule has 0 bridgehead atoms. The van der Waals surface area contributed by atoms with Gasteiger partial charge in [-0.2, -0.15) is 4.98 Å². The van der Waals surface area contributed by atoms with Crippen molar-refractivity contribution < 1.29 is 8.91 Å².